The van der Waals surface area contributed by atoms with Gasteiger partial charge in [-0.1, -0.05) is 34.4 Å². The van der Waals surface area contributed by atoms with E-state index >= 15 is 0 Å². The van der Waals surface area contributed by atoms with Crippen LogP contribution in [0.25, 0.3) is 0 Å². The summed E-state index contributed by atoms with van der Waals surface area (Å²) >= 11 is 0. The van der Waals surface area contributed by atoms with Gasteiger partial charge in [0.1, 0.15) is 0 Å². The van der Waals surface area contributed by atoms with E-state index < -0.39 is 53.5 Å². The third-order valence-electron chi connectivity index (χ3n) is 7.19. The van der Waals surface area contributed by atoms with Crippen molar-refractivity contribution in [2.45, 2.75) is 12.8 Å². The molecule has 0 radical (unpaired) electrons. The molecule has 0 aromatic carbocycles. The van der Waals surface area contributed by atoms with Gasteiger partial charge in [-0.15, -0.1) is 0 Å². The van der Waals surface area contributed by atoms with Crippen molar-refractivity contribution >= 4 is 29.8 Å². The molecule has 8 unspecified atom stereocenters. The molecule has 0 aromatic rings. The van der Waals surface area contributed by atoms with Gasteiger partial charge in [-0.2, -0.15) is 4.79 Å². The van der Waals surface area contributed by atoms with Crippen molar-refractivity contribution in [2.75, 3.05) is 0 Å². The van der Waals surface area contributed by atoms with Crippen molar-refractivity contribution in [1.82, 2.24) is 10.1 Å². The van der Waals surface area contributed by atoms with Crippen molar-refractivity contribution in [3.8, 4) is 0 Å². The van der Waals surface area contributed by atoms with Crippen molar-refractivity contribution in [1.29, 1.82) is 0 Å². The Morgan fingerprint density at radius 1 is 0.643 bits per heavy atom. The first-order valence-electron chi connectivity index (χ1n) is 9.48. The number of hydrogen-bond donors (Lipinski definition) is 0. The third kappa shape index (κ3) is 1.79. The molecule has 0 spiro atoms. The topological polar surface area (TPSA) is 110 Å². The lowest BCUT2D eigenvalue weighted by molar-refractivity contribution is -0.200. The minimum absolute atomic E-state index is 0.0276. The maximum Gasteiger partial charge on any atom is 0.560 e. The summed E-state index contributed by atoms with van der Waals surface area (Å²) in [6, 6.07) is 0. The summed E-state index contributed by atoms with van der Waals surface area (Å²) in [6.45, 7) is 0. The monoisotopic (exact) mass is 384 g/mol. The molecule has 9 nitrogen and oxygen atoms in total. The Kier molecular flexibility index (Phi) is 2.91. The molecule has 9 heteroatoms. The number of rotatable bonds is 2. The van der Waals surface area contributed by atoms with Gasteiger partial charge in [0.25, 0.3) is 23.6 Å². The predicted molar refractivity (Wildman–Crippen MR) is 86.7 cm³/mol. The number of fused-ring (bicyclic) bond motifs is 10. The fourth-order valence-corrected chi connectivity index (χ4v) is 6.10. The van der Waals surface area contributed by atoms with Crippen LogP contribution in [0.15, 0.2) is 24.3 Å². The summed E-state index contributed by atoms with van der Waals surface area (Å²) in [6.07, 6.45) is 7.73. The lowest BCUT2D eigenvalue weighted by Gasteiger charge is -2.18. The fourth-order valence-electron chi connectivity index (χ4n) is 6.10. The van der Waals surface area contributed by atoms with E-state index in [0.29, 0.717) is 10.1 Å². The molecule has 6 aliphatic rings. The Hall–Kier alpha value is -2.97. The minimum Gasteiger partial charge on any atom is -0.293 e. The molecular weight excluding hydrogens is 368 g/mol. The van der Waals surface area contributed by atoms with Crippen LogP contribution in [-0.4, -0.2) is 39.9 Å². The summed E-state index contributed by atoms with van der Waals surface area (Å²) in [7, 11) is 0. The molecule has 0 aromatic heterocycles. The summed E-state index contributed by atoms with van der Waals surface area (Å²) in [5.74, 6) is -4.52. The summed E-state index contributed by atoms with van der Waals surface area (Å²) in [5.41, 5.74) is 0. The molecule has 2 saturated heterocycles. The van der Waals surface area contributed by atoms with Gasteiger partial charge in [-0.25, -0.2) is 0 Å². The van der Waals surface area contributed by atoms with E-state index in [-0.39, 0.29) is 23.7 Å². The highest BCUT2D eigenvalue weighted by molar-refractivity contribution is 6.07. The Bertz CT molecular complexity index is 791. The van der Waals surface area contributed by atoms with E-state index in [9.17, 15) is 24.0 Å². The number of hydroxylamine groups is 4. The average molecular weight is 384 g/mol. The maximum absolute atomic E-state index is 12.5. The zero-order valence-corrected chi connectivity index (χ0v) is 14.6. The molecule has 8 atom stereocenters. The van der Waals surface area contributed by atoms with Gasteiger partial charge in [0.2, 0.25) is 0 Å². The van der Waals surface area contributed by atoms with Crippen molar-refractivity contribution in [3.63, 3.8) is 0 Å². The minimum atomic E-state index is -1.44. The molecule has 144 valence electrons. The van der Waals surface area contributed by atoms with E-state index in [0.717, 1.165) is 12.8 Å². The van der Waals surface area contributed by atoms with Gasteiger partial charge in [0, 0.05) is 0 Å². The van der Waals surface area contributed by atoms with E-state index in [4.69, 9.17) is 9.68 Å². The standard InChI is InChI=1S/C19H16N2O7/c22-15-11-7-1-2-8(5-7)12(11)16(23)20(15)27-19(26)28-21-17(24)13-9-3-4-10(6-9)14(13)18(21)25/h1-4,7-14H,5-6H2. The lowest BCUT2D eigenvalue weighted by atomic mass is 9.85. The highest BCUT2D eigenvalue weighted by atomic mass is 16.9. The molecule has 2 aliphatic heterocycles. The van der Waals surface area contributed by atoms with Crippen molar-refractivity contribution in [3.05, 3.63) is 24.3 Å². The largest absolute Gasteiger partial charge is 0.560 e. The highest BCUT2D eigenvalue weighted by Gasteiger charge is 2.63. The van der Waals surface area contributed by atoms with Crippen LogP contribution in [0.1, 0.15) is 12.8 Å². The Balaban J connectivity index is 1.16. The third-order valence-corrected chi connectivity index (χ3v) is 7.19. The predicted octanol–water partition coefficient (Wildman–Crippen LogP) is 0.584. The second-order valence-corrected chi connectivity index (χ2v) is 8.37. The molecule has 4 aliphatic carbocycles. The van der Waals surface area contributed by atoms with Crippen molar-refractivity contribution < 1.29 is 33.6 Å². The quantitative estimate of drug-likeness (QED) is 0.506. The fraction of sp³-hybridized carbons (Fsp3) is 0.526. The van der Waals surface area contributed by atoms with E-state index in [1.807, 2.05) is 24.3 Å². The molecule has 28 heavy (non-hydrogen) atoms. The van der Waals surface area contributed by atoms with Crippen molar-refractivity contribution in [2.24, 2.45) is 47.3 Å². The van der Waals surface area contributed by atoms with Crippen LogP contribution in [0.5, 0.6) is 0 Å². The molecule has 4 bridgehead atoms. The van der Waals surface area contributed by atoms with Gasteiger partial charge >= 0.3 is 6.16 Å². The van der Waals surface area contributed by atoms with E-state index in [2.05, 4.69) is 0 Å². The number of nitrogens with zero attached hydrogens (tertiary/aromatic N) is 2. The zero-order chi connectivity index (χ0) is 19.3. The Labute approximate surface area is 158 Å². The van der Waals surface area contributed by atoms with E-state index in [1.165, 1.54) is 0 Å². The van der Waals surface area contributed by atoms with Gasteiger partial charge in [0.15, 0.2) is 0 Å². The van der Waals surface area contributed by atoms with Gasteiger partial charge < -0.3 is 0 Å². The van der Waals surface area contributed by atoms with Gasteiger partial charge in [-0.3, -0.25) is 28.9 Å². The van der Waals surface area contributed by atoms with Gasteiger partial charge in [-0.05, 0) is 36.5 Å². The number of hydrogen-bond acceptors (Lipinski definition) is 7. The zero-order valence-electron chi connectivity index (χ0n) is 14.6. The number of amides is 4. The number of imide groups is 2. The summed E-state index contributed by atoms with van der Waals surface area (Å²) in [4.78, 5) is 71.9. The highest BCUT2D eigenvalue weighted by Crippen LogP contribution is 2.53. The van der Waals surface area contributed by atoms with Crippen LogP contribution in [0.4, 0.5) is 4.79 Å². The maximum atomic E-state index is 12.5. The number of allylic oxidation sites excluding steroid dienone is 4. The van der Waals surface area contributed by atoms with Gasteiger partial charge in [0.05, 0.1) is 23.7 Å². The lowest BCUT2D eigenvalue weighted by Crippen LogP contribution is -2.40. The van der Waals surface area contributed by atoms with E-state index in [1.54, 1.807) is 0 Å². The smallest absolute Gasteiger partial charge is 0.293 e. The van der Waals surface area contributed by atoms with Crippen LogP contribution in [0.2, 0.25) is 0 Å². The SMILES string of the molecule is O=C(ON1C(=O)C2C3C=CC(C3)C2C1=O)ON1C(=O)C2C3C=CC(C3)C2C1=O. The molecule has 4 fully saturated rings. The molecule has 2 heterocycles. The normalized spacial score (nSPS) is 44.1. The Morgan fingerprint density at radius 2 is 0.929 bits per heavy atom. The molecule has 4 amide bonds. The summed E-state index contributed by atoms with van der Waals surface area (Å²) in [5, 5.41) is 0.863. The number of carbonyl (C=O) groups is 5. The first kappa shape index (κ1) is 16.0. The van der Waals surface area contributed by atoms with Crippen LogP contribution in [-0.2, 0) is 28.9 Å². The van der Waals surface area contributed by atoms with Crippen LogP contribution in [0, 0.1) is 47.3 Å². The second kappa shape index (κ2) is 5.09. The molecule has 2 saturated carbocycles. The summed E-state index contributed by atoms with van der Waals surface area (Å²) < 4.78 is 0. The molecular formula is C19H16N2O7. The Morgan fingerprint density at radius 3 is 1.21 bits per heavy atom. The molecule has 0 N–H and O–H groups in total. The molecule has 6 rings (SSSR count). The number of carbonyl (C=O) groups excluding carboxylic acids is 5. The average Bonchev–Trinajstić information content (AvgIpc) is 3.49. The first-order valence-corrected chi connectivity index (χ1v) is 9.48. The van der Waals surface area contributed by atoms with Crippen LogP contribution in [0.3, 0.4) is 0 Å². The second-order valence-electron chi connectivity index (χ2n) is 8.37. The first-order chi connectivity index (χ1) is 13.5. The van der Waals surface area contributed by atoms with Crippen LogP contribution < -0.4 is 0 Å². The van der Waals surface area contributed by atoms with Crippen LogP contribution >= 0.6 is 0 Å².